The highest BCUT2D eigenvalue weighted by atomic mass is 19.1. The van der Waals surface area contributed by atoms with Gasteiger partial charge in [-0.15, -0.1) is 0 Å². The van der Waals surface area contributed by atoms with Crippen molar-refractivity contribution in [1.29, 1.82) is 0 Å². The Kier molecular flexibility index (Phi) is 4.04. The second kappa shape index (κ2) is 6.13. The predicted octanol–water partition coefficient (Wildman–Crippen LogP) is 2.93. The fourth-order valence-corrected chi connectivity index (χ4v) is 2.59. The van der Waals surface area contributed by atoms with Gasteiger partial charge in [-0.2, -0.15) is 0 Å². The normalized spacial score (nSPS) is 15.0. The van der Waals surface area contributed by atoms with Crippen LogP contribution in [-0.2, 0) is 0 Å². The van der Waals surface area contributed by atoms with E-state index in [1.54, 1.807) is 17.0 Å². The van der Waals surface area contributed by atoms with Crippen molar-refractivity contribution in [2.75, 3.05) is 31.1 Å². The van der Waals surface area contributed by atoms with E-state index in [1.165, 1.54) is 36.4 Å². The monoisotopic (exact) mass is 302 g/mol. The summed E-state index contributed by atoms with van der Waals surface area (Å²) < 4.78 is 25.8. The number of amides is 1. The quantitative estimate of drug-likeness (QED) is 0.851. The van der Waals surface area contributed by atoms with Gasteiger partial charge in [0.05, 0.1) is 0 Å². The highest BCUT2D eigenvalue weighted by Gasteiger charge is 2.22. The summed E-state index contributed by atoms with van der Waals surface area (Å²) in [5, 5.41) is 0. The Morgan fingerprint density at radius 1 is 0.773 bits per heavy atom. The molecule has 1 aliphatic heterocycles. The number of hydrogen-bond acceptors (Lipinski definition) is 2. The van der Waals surface area contributed by atoms with Crippen LogP contribution in [0.2, 0.25) is 0 Å². The molecule has 0 spiro atoms. The lowest BCUT2D eigenvalue weighted by atomic mass is 10.1. The number of benzene rings is 2. The molecule has 0 atom stereocenters. The van der Waals surface area contributed by atoms with Gasteiger partial charge in [0.25, 0.3) is 5.91 Å². The molecule has 1 heterocycles. The zero-order chi connectivity index (χ0) is 15.5. The molecule has 1 aliphatic rings. The largest absolute Gasteiger partial charge is 0.368 e. The lowest BCUT2D eigenvalue weighted by Gasteiger charge is -2.36. The number of halogens is 2. The second-order valence-corrected chi connectivity index (χ2v) is 5.26. The summed E-state index contributed by atoms with van der Waals surface area (Å²) in [7, 11) is 0. The van der Waals surface area contributed by atoms with Crippen LogP contribution in [0.4, 0.5) is 14.5 Å². The minimum Gasteiger partial charge on any atom is -0.368 e. The topological polar surface area (TPSA) is 23.6 Å². The first-order valence-electron chi connectivity index (χ1n) is 7.19. The molecule has 3 rings (SSSR count). The summed E-state index contributed by atoms with van der Waals surface area (Å²) in [6.45, 7) is 2.57. The number of nitrogens with zero attached hydrogens (tertiary/aromatic N) is 2. The minimum atomic E-state index is -0.349. The van der Waals surface area contributed by atoms with Crippen LogP contribution in [0.5, 0.6) is 0 Å². The van der Waals surface area contributed by atoms with Gasteiger partial charge >= 0.3 is 0 Å². The lowest BCUT2D eigenvalue weighted by Crippen LogP contribution is -2.48. The first kappa shape index (κ1) is 14.5. The first-order valence-corrected chi connectivity index (χ1v) is 7.19. The molecule has 0 unspecified atom stereocenters. The average Bonchev–Trinajstić information content (AvgIpc) is 2.56. The molecule has 0 radical (unpaired) electrons. The van der Waals surface area contributed by atoms with Crippen molar-refractivity contribution in [2.45, 2.75) is 0 Å². The van der Waals surface area contributed by atoms with E-state index >= 15 is 0 Å². The Labute approximate surface area is 127 Å². The molecule has 1 saturated heterocycles. The molecule has 0 aliphatic carbocycles. The van der Waals surface area contributed by atoms with E-state index in [1.807, 2.05) is 0 Å². The number of carbonyl (C=O) groups excluding carboxylic acids is 1. The van der Waals surface area contributed by atoms with Crippen molar-refractivity contribution in [3.63, 3.8) is 0 Å². The van der Waals surface area contributed by atoms with Crippen LogP contribution in [0.15, 0.2) is 48.5 Å². The Balaban J connectivity index is 1.62. The molecular formula is C17H16F2N2O. The smallest absolute Gasteiger partial charge is 0.253 e. The van der Waals surface area contributed by atoms with Gasteiger partial charge in [-0.05, 0) is 48.5 Å². The van der Waals surface area contributed by atoms with Crippen LogP contribution in [0.3, 0.4) is 0 Å². The summed E-state index contributed by atoms with van der Waals surface area (Å²) in [4.78, 5) is 16.2. The van der Waals surface area contributed by atoms with Crippen molar-refractivity contribution >= 4 is 11.6 Å². The third-order valence-electron chi connectivity index (χ3n) is 3.85. The zero-order valence-corrected chi connectivity index (χ0v) is 12.0. The van der Waals surface area contributed by atoms with Crippen molar-refractivity contribution in [1.82, 2.24) is 4.90 Å². The Morgan fingerprint density at radius 3 is 1.82 bits per heavy atom. The molecule has 2 aromatic carbocycles. The number of carbonyl (C=O) groups is 1. The number of hydrogen-bond donors (Lipinski definition) is 0. The molecule has 114 valence electrons. The number of piperazine rings is 1. The van der Waals surface area contributed by atoms with E-state index < -0.39 is 0 Å². The van der Waals surface area contributed by atoms with Crippen LogP contribution in [0.25, 0.3) is 0 Å². The van der Waals surface area contributed by atoms with Gasteiger partial charge in [0.2, 0.25) is 0 Å². The highest BCUT2D eigenvalue weighted by Crippen LogP contribution is 2.18. The Hall–Kier alpha value is -2.43. The molecule has 0 aromatic heterocycles. The maximum absolute atomic E-state index is 12.9. The van der Waals surface area contributed by atoms with Crippen LogP contribution < -0.4 is 4.90 Å². The van der Waals surface area contributed by atoms with Crippen LogP contribution in [0, 0.1) is 11.6 Å². The van der Waals surface area contributed by atoms with Crippen molar-refractivity contribution in [3.05, 3.63) is 65.7 Å². The summed E-state index contributed by atoms with van der Waals surface area (Å²) in [5.41, 5.74) is 1.45. The predicted molar refractivity (Wildman–Crippen MR) is 80.9 cm³/mol. The number of rotatable bonds is 2. The molecular weight excluding hydrogens is 286 g/mol. The summed E-state index contributed by atoms with van der Waals surface area (Å²) in [5.74, 6) is -0.690. The second-order valence-electron chi connectivity index (χ2n) is 5.26. The van der Waals surface area contributed by atoms with Gasteiger partial charge in [0, 0.05) is 37.4 Å². The fourth-order valence-electron chi connectivity index (χ4n) is 2.59. The third-order valence-corrected chi connectivity index (χ3v) is 3.85. The third kappa shape index (κ3) is 3.08. The maximum Gasteiger partial charge on any atom is 0.253 e. The van der Waals surface area contributed by atoms with Crippen molar-refractivity contribution in [2.24, 2.45) is 0 Å². The van der Waals surface area contributed by atoms with Gasteiger partial charge in [-0.1, -0.05) is 0 Å². The average molecular weight is 302 g/mol. The zero-order valence-electron chi connectivity index (χ0n) is 12.0. The number of anilines is 1. The molecule has 1 amide bonds. The molecule has 5 heteroatoms. The van der Waals surface area contributed by atoms with E-state index in [4.69, 9.17) is 0 Å². The van der Waals surface area contributed by atoms with Crippen molar-refractivity contribution in [3.8, 4) is 0 Å². The minimum absolute atomic E-state index is 0.0845. The van der Waals surface area contributed by atoms with Crippen LogP contribution in [0.1, 0.15) is 10.4 Å². The van der Waals surface area contributed by atoms with Gasteiger partial charge in [-0.25, -0.2) is 8.78 Å². The van der Waals surface area contributed by atoms with Crippen LogP contribution >= 0.6 is 0 Å². The Morgan fingerprint density at radius 2 is 1.27 bits per heavy atom. The van der Waals surface area contributed by atoms with E-state index in [9.17, 15) is 13.6 Å². The SMILES string of the molecule is O=C(c1ccc(F)cc1)N1CCN(c2ccc(F)cc2)CC1. The van der Waals surface area contributed by atoms with E-state index in [0.29, 0.717) is 31.7 Å². The molecule has 3 nitrogen and oxygen atoms in total. The molecule has 2 aromatic rings. The van der Waals surface area contributed by atoms with Crippen molar-refractivity contribution < 1.29 is 13.6 Å². The summed E-state index contributed by atoms with van der Waals surface area (Å²) in [6.07, 6.45) is 0. The van der Waals surface area contributed by atoms with Gasteiger partial charge in [0.1, 0.15) is 11.6 Å². The van der Waals surface area contributed by atoms with E-state index in [0.717, 1.165) is 5.69 Å². The van der Waals surface area contributed by atoms with Gasteiger partial charge < -0.3 is 9.80 Å². The molecule has 1 fully saturated rings. The first-order chi connectivity index (χ1) is 10.6. The Bertz CT molecular complexity index is 647. The molecule has 0 saturated carbocycles. The summed E-state index contributed by atoms with van der Waals surface area (Å²) >= 11 is 0. The van der Waals surface area contributed by atoms with Gasteiger partial charge in [0.15, 0.2) is 0 Å². The molecule has 0 N–H and O–H groups in total. The van der Waals surface area contributed by atoms with Gasteiger partial charge in [-0.3, -0.25) is 4.79 Å². The lowest BCUT2D eigenvalue weighted by molar-refractivity contribution is 0.0746. The van der Waals surface area contributed by atoms with E-state index in [2.05, 4.69) is 4.90 Å². The fraction of sp³-hybridized carbons (Fsp3) is 0.235. The maximum atomic E-state index is 12.9. The highest BCUT2D eigenvalue weighted by molar-refractivity contribution is 5.94. The summed E-state index contributed by atoms with van der Waals surface area (Å²) in [6, 6.07) is 12.0. The van der Waals surface area contributed by atoms with Crippen LogP contribution in [-0.4, -0.2) is 37.0 Å². The van der Waals surface area contributed by atoms with E-state index in [-0.39, 0.29) is 17.5 Å². The molecule has 22 heavy (non-hydrogen) atoms. The molecule has 0 bridgehead atoms. The standard InChI is InChI=1S/C17H16F2N2O/c18-14-3-1-13(2-4-14)17(22)21-11-9-20(10-12-21)16-7-5-15(19)6-8-16/h1-8H,9-12H2.